The van der Waals surface area contributed by atoms with Crippen LogP contribution in [-0.4, -0.2) is 31.5 Å². The third-order valence-corrected chi connectivity index (χ3v) is 8.97. The number of nitrogens with zero attached hydrogens (tertiary/aromatic N) is 2. The summed E-state index contributed by atoms with van der Waals surface area (Å²) in [5, 5.41) is 2.11. The number of hydrogen-bond donors (Lipinski definition) is 3. The van der Waals surface area contributed by atoms with Crippen molar-refractivity contribution in [3.63, 3.8) is 0 Å². The van der Waals surface area contributed by atoms with Crippen molar-refractivity contribution in [3.8, 4) is 5.75 Å². The summed E-state index contributed by atoms with van der Waals surface area (Å²) in [5.41, 5.74) is 12.4. The fourth-order valence-electron chi connectivity index (χ4n) is 5.48. The molecular weight excluding hydrogens is 521 g/mol. The molecule has 0 atom stereocenters. The zero-order chi connectivity index (χ0) is 28.9. The van der Waals surface area contributed by atoms with Crippen molar-refractivity contribution in [2.45, 2.75) is 84.7 Å². The van der Waals surface area contributed by atoms with Crippen molar-refractivity contribution in [3.05, 3.63) is 70.9 Å². The molecule has 0 saturated carbocycles. The Bertz CT molecular complexity index is 1530. The van der Waals surface area contributed by atoms with Gasteiger partial charge in [-0.15, -0.1) is 0 Å². The van der Waals surface area contributed by atoms with Gasteiger partial charge in [0.2, 0.25) is 0 Å². The minimum Gasteiger partial charge on any atom is -0.487 e. The lowest BCUT2D eigenvalue weighted by atomic mass is 9.90. The van der Waals surface area contributed by atoms with Crippen molar-refractivity contribution in [1.29, 1.82) is 0 Å². The average molecular weight is 564 g/mol. The first-order valence-electron chi connectivity index (χ1n) is 14.3. The van der Waals surface area contributed by atoms with Gasteiger partial charge in [0.1, 0.15) is 16.9 Å². The second-order valence-electron chi connectivity index (χ2n) is 11.0. The highest BCUT2D eigenvalue weighted by Crippen LogP contribution is 2.36. The molecule has 4 rings (SSSR count). The van der Waals surface area contributed by atoms with Gasteiger partial charge in [-0.3, -0.25) is 9.55 Å². The van der Waals surface area contributed by atoms with E-state index in [2.05, 4.69) is 80.1 Å². The fourth-order valence-corrected chi connectivity index (χ4v) is 6.12. The predicted octanol–water partition coefficient (Wildman–Crippen LogP) is 7.44. The van der Waals surface area contributed by atoms with Crippen LogP contribution in [0.4, 0.5) is 5.82 Å². The van der Waals surface area contributed by atoms with Crippen molar-refractivity contribution < 1.29 is 19.1 Å². The Morgan fingerprint density at radius 1 is 0.950 bits per heavy atom. The van der Waals surface area contributed by atoms with Crippen LogP contribution in [0.3, 0.4) is 0 Å². The van der Waals surface area contributed by atoms with Crippen LogP contribution in [0.25, 0.3) is 21.8 Å². The molecule has 0 amide bonds. The lowest BCUT2D eigenvalue weighted by Gasteiger charge is -2.33. The number of aromatic nitrogens is 2. The largest absolute Gasteiger partial charge is 0.487 e. The molecule has 0 aliphatic carbocycles. The first-order chi connectivity index (χ1) is 19.0. The van der Waals surface area contributed by atoms with E-state index in [9.17, 15) is 4.57 Å². The van der Waals surface area contributed by atoms with Gasteiger partial charge in [-0.05, 0) is 105 Å². The van der Waals surface area contributed by atoms with Gasteiger partial charge in [-0.2, -0.15) is 0 Å². The molecule has 7 nitrogen and oxygen atoms in total. The standard InChI is InChI=1S/C32H42N3O4P/c1-5-32(6-2,16-8-7-9-17-40(36,37)38)39-26-14-13-25(23(4)19-26)12-11-24-20-28-27-15-10-22(3)18-29(27)35-31(33)30(28)34-21-24/h10,13-15,18-21H,5-9,11-12,16-17H2,1-4H3,(H2,33,35)(H2,36,37,38). The van der Waals surface area contributed by atoms with Gasteiger partial charge in [0.15, 0.2) is 5.82 Å². The normalized spacial score (nSPS) is 12.3. The van der Waals surface area contributed by atoms with Crippen LogP contribution in [-0.2, 0) is 17.4 Å². The zero-order valence-electron chi connectivity index (χ0n) is 24.1. The molecule has 214 valence electrons. The number of hydrogen-bond acceptors (Lipinski definition) is 5. The molecule has 8 heteroatoms. The van der Waals surface area contributed by atoms with E-state index in [1.807, 2.05) is 6.20 Å². The molecule has 0 aliphatic rings. The van der Waals surface area contributed by atoms with E-state index >= 15 is 0 Å². The van der Waals surface area contributed by atoms with Crippen molar-refractivity contribution >= 4 is 35.2 Å². The third-order valence-electron chi connectivity index (χ3n) is 8.07. The third kappa shape index (κ3) is 7.39. The van der Waals surface area contributed by atoms with Crippen LogP contribution in [0.5, 0.6) is 5.75 Å². The van der Waals surface area contributed by atoms with Gasteiger partial charge >= 0.3 is 7.60 Å². The second-order valence-corrected chi connectivity index (χ2v) is 12.8. The number of ether oxygens (including phenoxy) is 1. The topological polar surface area (TPSA) is 119 Å². The van der Waals surface area contributed by atoms with E-state index in [1.54, 1.807) is 0 Å². The van der Waals surface area contributed by atoms with Crippen molar-refractivity contribution in [1.82, 2.24) is 9.97 Å². The molecular formula is C32H42N3O4P. The maximum Gasteiger partial charge on any atom is 0.325 e. The molecule has 40 heavy (non-hydrogen) atoms. The summed E-state index contributed by atoms with van der Waals surface area (Å²) in [6.07, 6.45) is 8.45. The van der Waals surface area contributed by atoms with Crippen LogP contribution in [0, 0.1) is 13.8 Å². The van der Waals surface area contributed by atoms with Crippen LogP contribution in [0.15, 0.2) is 48.7 Å². The molecule has 4 aromatic rings. The quantitative estimate of drug-likeness (QED) is 0.0878. The Balaban J connectivity index is 1.43. The number of unbranched alkanes of at least 4 members (excludes halogenated alkanes) is 2. The Hall–Kier alpha value is -2.99. The first kappa shape index (κ1) is 30.0. The van der Waals surface area contributed by atoms with Gasteiger partial charge in [-0.25, -0.2) is 4.98 Å². The van der Waals surface area contributed by atoms with Gasteiger partial charge in [0.25, 0.3) is 0 Å². The number of aryl methyl sites for hydroxylation is 4. The molecule has 2 aromatic carbocycles. The molecule has 0 aliphatic heterocycles. The number of nitrogens with two attached hydrogens (primary N) is 1. The number of rotatable bonds is 13. The summed E-state index contributed by atoms with van der Waals surface area (Å²) in [7, 11) is -3.92. The first-order valence-corrected chi connectivity index (χ1v) is 16.1. The molecule has 0 saturated heterocycles. The average Bonchev–Trinajstić information content (AvgIpc) is 2.91. The van der Waals surface area contributed by atoms with Crippen LogP contribution < -0.4 is 10.5 Å². The number of benzene rings is 2. The summed E-state index contributed by atoms with van der Waals surface area (Å²) >= 11 is 0. The fraction of sp³-hybridized carbons (Fsp3) is 0.438. The van der Waals surface area contributed by atoms with Crippen LogP contribution in [0.2, 0.25) is 0 Å². The predicted molar refractivity (Wildman–Crippen MR) is 164 cm³/mol. The van der Waals surface area contributed by atoms with Gasteiger partial charge < -0.3 is 20.3 Å². The molecule has 2 aromatic heterocycles. The van der Waals surface area contributed by atoms with Gasteiger partial charge in [0, 0.05) is 23.1 Å². The number of nitrogen functional groups attached to an aromatic ring is 1. The maximum atomic E-state index is 11.1. The van der Waals surface area contributed by atoms with E-state index < -0.39 is 7.60 Å². The van der Waals surface area contributed by atoms with Gasteiger partial charge in [-0.1, -0.05) is 38.5 Å². The molecule has 0 spiro atoms. The van der Waals surface area contributed by atoms with E-state index in [0.29, 0.717) is 12.2 Å². The maximum absolute atomic E-state index is 11.1. The summed E-state index contributed by atoms with van der Waals surface area (Å²) in [5.74, 6) is 1.33. The minimum absolute atomic E-state index is 0.0451. The minimum atomic E-state index is -3.92. The molecule has 0 bridgehead atoms. The highest BCUT2D eigenvalue weighted by molar-refractivity contribution is 7.51. The highest BCUT2D eigenvalue weighted by Gasteiger charge is 2.28. The van der Waals surface area contributed by atoms with Crippen LogP contribution in [0.1, 0.15) is 74.6 Å². The summed E-state index contributed by atoms with van der Waals surface area (Å²) < 4.78 is 17.7. The Labute approximate surface area is 237 Å². The highest BCUT2D eigenvalue weighted by atomic mass is 31.2. The smallest absolute Gasteiger partial charge is 0.325 e. The van der Waals surface area contributed by atoms with Crippen LogP contribution >= 0.6 is 7.60 Å². The Morgan fingerprint density at radius 3 is 2.42 bits per heavy atom. The van der Waals surface area contributed by atoms with E-state index in [1.165, 1.54) is 11.1 Å². The molecule has 0 radical (unpaired) electrons. The number of anilines is 1. The summed E-state index contributed by atoms with van der Waals surface area (Å²) in [6, 6.07) is 14.8. The SMILES string of the molecule is CCC(CC)(CCCCCP(=O)(O)O)Oc1ccc(CCc2cnc3c(N)nc4cc(C)ccc4c3c2)c(C)c1. The number of pyridine rings is 2. The van der Waals surface area contributed by atoms with Gasteiger partial charge in [0.05, 0.1) is 5.52 Å². The van der Waals surface area contributed by atoms with E-state index in [-0.39, 0.29) is 11.8 Å². The van der Waals surface area contributed by atoms with E-state index in [0.717, 1.165) is 83.6 Å². The van der Waals surface area contributed by atoms with E-state index in [4.69, 9.17) is 20.3 Å². The molecule has 0 unspecified atom stereocenters. The second kappa shape index (κ2) is 12.7. The molecule has 4 N–H and O–H groups in total. The lowest BCUT2D eigenvalue weighted by Crippen LogP contribution is -2.34. The Morgan fingerprint density at radius 2 is 1.73 bits per heavy atom. The lowest BCUT2D eigenvalue weighted by molar-refractivity contribution is 0.0483. The zero-order valence-corrected chi connectivity index (χ0v) is 25.0. The van der Waals surface area contributed by atoms with Crippen molar-refractivity contribution in [2.75, 3.05) is 11.9 Å². The summed E-state index contributed by atoms with van der Waals surface area (Å²) in [6.45, 7) is 8.47. The Kier molecular flexibility index (Phi) is 9.50. The monoisotopic (exact) mass is 563 g/mol. The molecule has 0 fully saturated rings. The van der Waals surface area contributed by atoms with Crippen molar-refractivity contribution in [2.24, 2.45) is 0 Å². The number of fused-ring (bicyclic) bond motifs is 3. The molecule has 2 heterocycles. The summed E-state index contributed by atoms with van der Waals surface area (Å²) in [4.78, 5) is 27.4.